The molecule has 17 heteroatoms. The lowest BCUT2D eigenvalue weighted by atomic mass is 9.93. The molecule has 1 aliphatic rings. The van der Waals surface area contributed by atoms with Gasteiger partial charge in [-0.2, -0.15) is 16.8 Å². The zero-order chi connectivity index (χ0) is 41.4. The van der Waals surface area contributed by atoms with Crippen LogP contribution in [-0.4, -0.2) is 90.5 Å². The van der Waals surface area contributed by atoms with Crippen LogP contribution in [0, 0.1) is 5.82 Å². The standard InChI is InChI=1S/C28H37FN4O3S.2C6H6O3S/c29-22-6-4-5-20(19-22)11-14-32(15-13-25(30)35)17-18-33(23-7-2-1-3-8-23)16-12-21-9-10-24(34)26-27(21)37-28(36)31-26;2*7-10(8,9)6-4-2-1-3-5-6/h4-6,9-10,19,23,34H,1-3,7-8,11-18H2,(H2,30,35)(H,31,36);2*1-5H,(H,7,8,9). The van der Waals surface area contributed by atoms with Gasteiger partial charge in [0.05, 0.1) is 14.5 Å². The van der Waals surface area contributed by atoms with Crippen LogP contribution in [0.2, 0.25) is 0 Å². The van der Waals surface area contributed by atoms with Crippen LogP contribution in [-0.2, 0) is 37.9 Å². The second-order valence-electron chi connectivity index (χ2n) is 13.6. The van der Waals surface area contributed by atoms with E-state index in [1.807, 2.05) is 12.1 Å². The number of hydrogen-bond donors (Lipinski definition) is 5. The van der Waals surface area contributed by atoms with Gasteiger partial charge in [-0.15, -0.1) is 0 Å². The maximum Gasteiger partial charge on any atom is 0.305 e. The van der Waals surface area contributed by atoms with E-state index in [1.54, 1.807) is 54.6 Å². The van der Waals surface area contributed by atoms with Crippen molar-refractivity contribution < 1.29 is 40.2 Å². The summed E-state index contributed by atoms with van der Waals surface area (Å²) < 4.78 is 72.9. The third kappa shape index (κ3) is 15.4. The molecular weight excluding hydrogens is 796 g/mol. The van der Waals surface area contributed by atoms with Gasteiger partial charge in [-0.05, 0) is 79.3 Å². The number of nitrogens with zero attached hydrogens (tertiary/aromatic N) is 2. The van der Waals surface area contributed by atoms with E-state index in [2.05, 4.69) is 14.8 Å². The SMILES string of the molecule is NC(=O)CCN(CCc1cccc(F)c1)CCN(CCc1ccc(O)c2[nH]c(=O)sc12)C1CCCCC1.O=S(=O)(O)c1ccccc1.O=S(=O)(O)c1ccccc1. The van der Waals surface area contributed by atoms with Gasteiger partial charge in [0.15, 0.2) is 0 Å². The number of carbonyl (C=O) groups is 1. The number of thiazole rings is 1. The normalized spacial score (nSPS) is 13.5. The second-order valence-corrected chi connectivity index (χ2v) is 17.4. The number of fused-ring (bicyclic) bond motifs is 1. The van der Waals surface area contributed by atoms with Gasteiger partial charge in [0.25, 0.3) is 20.2 Å². The van der Waals surface area contributed by atoms with Crippen molar-refractivity contribution in [1.82, 2.24) is 14.8 Å². The monoisotopic (exact) mass is 844 g/mol. The molecule has 1 aliphatic carbocycles. The fourth-order valence-electron chi connectivity index (χ4n) is 6.50. The summed E-state index contributed by atoms with van der Waals surface area (Å²) in [5.74, 6) is -0.452. The minimum Gasteiger partial charge on any atom is -0.506 e. The Balaban J connectivity index is 0.000000291. The number of amides is 1. The van der Waals surface area contributed by atoms with Gasteiger partial charge in [-0.3, -0.25) is 23.6 Å². The van der Waals surface area contributed by atoms with E-state index in [1.165, 1.54) is 62.4 Å². The van der Waals surface area contributed by atoms with Crippen LogP contribution in [0.1, 0.15) is 49.7 Å². The van der Waals surface area contributed by atoms with Crippen molar-refractivity contribution in [1.29, 1.82) is 0 Å². The number of H-pyrrole nitrogens is 1. The quantitative estimate of drug-likeness (QED) is 0.0784. The smallest absolute Gasteiger partial charge is 0.305 e. The number of phenols is 1. The Bertz CT molecular complexity index is 2230. The van der Waals surface area contributed by atoms with Gasteiger partial charge >= 0.3 is 4.87 Å². The number of nitrogens with two attached hydrogens (primary N) is 1. The molecule has 4 aromatic carbocycles. The average molecular weight is 845 g/mol. The lowest BCUT2D eigenvalue weighted by Crippen LogP contribution is -2.44. The van der Waals surface area contributed by atoms with E-state index in [4.69, 9.17) is 14.8 Å². The largest absolute Gasteiger partial charge is 0.506 e. The van der Waals surface area contributed by atoms with Crippen molar-refractivity contribution in [2.75, 3.05) is 32.7 Å². The molecule has 6 rings (SSSR count). The molecule has 0 bridgehead atoms. The van der Waals surface area contributed by atoms with Crippen molar-refractivity contribution in [2.24, 2.45) is 5.73 Å². The van der Waals surface area contributed by atoms with Crippen molar-refractivity contribution >= 4 is 47.7 Å². The molecule has 0 saturated heterocycles. The Morgan fingerprint density at radius 2 is 1.39 bits per heavy atom. The van der Waals surface area contributed by atoms with Crippen LogP contribution in [0.3, 0.4) is 0 Å². The predicted molar refractivity (Wildman–Crippen MR) is 219 cm³/mol. The summed E-state index contributed by atoms with van der Waals surface area (Å²) in [6, 6.07) is 25.6. The zero-order valence-electron chi connectivity index (χ0n) is 31.4. The number of halogens is 1. The van der Waals surface area contributed by atoms with Crippen LogP contribution in [0.5, 0.6) is 5.75 Å². The summed E-state index contributed by atoms with van der Waals surface area (Å²) in [4.78, 5) is 30.7. The summed E-state index contributed by atoms with van der Waals surface area (Å²) in [5.41, 5.74) is 7.97. The van der Waals surface area contributed by atoms with Crippen molar-refractivity contribution in [3.05, 3.63) is 124 Å². The maximum absolute atomic E-state index is 13.6. The molecule has 13 nitrogen and oxygen atoms in total. The van der Waals surface area contributed by atoms with Crippen LogP contribution in [0.15, 0.2) is 112 Å². The highest BCUT2D eigenvalue weighted by Gasteiger charge is 2.22. The van der Waals surface area contributed by atoms with Crippen molar-refractivity contribution in [3.63, 3.8) is 0 Å². The minimum absolute atomic E-state index is 0.0741. The molecule has 0 spiro atoms. The highest BCUT2D eigenvalue weighted by molar-refractivity contribution is 7.86. The first kappa shape index (κ1) is 45.2. The van der Waals surface area contributed by atoms with Crippen molar-refractivity contribution in [3.8, 4) is 5.75 Å². The first-order valence-corrected chi connectivity index (χ1v) is 22.2. The summed E-state index contributed by atoms with van der Waals surface area (Å²) in [7, 11) is -8.01. The number of aromatic amines is 1. The first-order chi connectivity index (χ1) is 27.1. The van der Waals surface area contributed by atoms with E-state index in [0.29, 0.717) is 30.9 Å². The topological polar surface area (TPSA) is 211 Å². The fraction of sp³-hybridized carbons (Fsp3) is 0.350. The molecule has 1 fully saturated rings. The highest BCUT2D eigenvalue weighted by atomic mass is 32.2. The van der Waals surface area contributed by atoms with E-state index < -0.39 is 20.2 Å². The Labute approximate surface area is 336 Å². The molecule has 0 atom stereocenters. The van der Waals surface area contributed by atoms with Gasteiger partial charge in [-0.1, -0.05) is 85.2 Å². The molecule has 1 amide bonds. The van der Waals surface area contributed by atoms with Gasteiger partial charge in [0.1, 0.15) is 17.1 Å². The number of rotatable bonds is 15. The molecule has 1 saturated carbocycles. The van der Waals surface area contributed by atoms with E-state index in [9.17, 15) is 35.9 Å². The Morgan fingerprint density at radius 3 is 1.93 bits per heavy atom. The molecule has 0 unspecified atom stereocenters. The average Bonchev–Trinajstić information content (AvgIpc) is 3.59. The predicted octanol–water partition coefficient (Wildman–Crippen LogP) is 5.90. The Kier molecular flexibility index (Phi) is 17.4. The molecule has 0 aliphatic heterocycles. The summed E-state index contributed by atoms with van der Waals surface area (Å²) in [6.07, 6.45) is 7.87. The lowest BCUT2D eigenvalue weighted by Gasteiger charge is -2.36. The number of nitrogens with one attached hydrogen (secondary N) is 1. The molecule has 57 heavy (non-hydrogen) atoms. The second kappa shape index (κ2) is 21.9. The molecule has 1 aromatic heterocycles. The number of phenolic OH excluding ortho intramolecular Hbond substituents is 1. The van der Waals surface area contributed by atoms with E-state index >= 15 is 0 Å². The summed E-state index contributed by atoms with van der Waals surface area (Å²) >= 11 is 1.14. The van der Waals surface area contributed by atoms with Crippen LogP contribution < -0.4 is 10.6 Å². The first-order valence-electron chi connectivity index (χ1n) is 18.5. The number of carbonyl (C=O) groups excluding carboxylic acids is 1. The molecule has 308 valence electrons. The molecule has 6 N–H and O–H groups in total. The summed E-state index contributed by atoms with van der Waals surface area (Å²) in [6.45, 7) is 3.81. The Hall–Kier alpha value is -4.49. The zero-order valence-corrected chi connectivity index (χ0v) is 33.8. The number of hydrogen-bond acceptors (Lipinski definition) is 10. The van der Waals surface area contributed by atoms with Gasteiger partial charge in [0.2, 0.25) is 5.91 Å². The molecular formula is C40H49FN4O9S3. The number of aromatic nitrogens is 1. The van der Waals surface area contributed by atoms with Crippen LogP contribution in [0.4, 0.5) is 4.39 Å². The number of benzene rings is 4. The highest BCUT2D eigenvalue weighted by Crippen LogP contribution is 2.29. The third-order valence-corrected chi connectivity index (χ3v) is 12.2. The number of primary amides is 1. The molecule has 5 aromatic rings. The maximum atomic E-state index is 13.6. The van der Waals surface area contributed by atoms with Gasteiger partial charge < -0.3 is 20.7 Å². The minimum atomic E-state index is -4.00. The van der Waals surface area contributed by atoms with Crippen LogP contribution >= 0.6 is 11.3 Å². The van der Waals surface area contributed by atoms with Crippen molar-refractivity contribution in [2.45, 2.75) is 67.2 Å². The van der Waals surface area contributed by atoms with Gasteiger partial charge in [0, 0.05) is 45.2 Å². The lowest BCUT2D eigenvalue weighted by molar-refractivity contribution is -0.118. The fourth-order valence-corrected chi connectivity index (χ4v) is 8.39. The third-order valence-electron chi connectivity index (χ3n) is 9.46. The number of aromatic hydroxyl groups is 1. The van der Waals surface area contributed by atoms with E-state index in [-0.39, 0.29) is 32.1 Å². The molecule has 0 radical (unpaired) electrons. The Morgan fingerprint density at radius 1 is 0.772 bits per heavy atom. The van der Waals surface area contributed by atoms with E-state index in [0.717, 1.165) is 59.8 Å². The van der Waals surface area contributed by atoms with Gasteiger partial charge in [-0.25, -0.2) is 4.39 Å². The summed E-state index contributed by atoms with van der Waals surface area (Å²) in [5, 5.41) is 10.1. The molecule has 1 heterocycles. The van der Waals surface area contributed by atoms with Crippen LogP contribution in [0.25, 0.3) is 10.2 Å².